The molecule has 0 spiro atoms. The molecule has 1 unspecified atom stereocenters. The number of phenols is 1. The first-order chi connectivity index (χ1) is 5.95. The second kappa shape index (κ2) is 3.56. The van der Waals surface area contributed by atoms with Crippen molar-refractivity contribution < 1.29 is 5.11 Å². The van der Waals surface area contributed by atoms with Gasteiger partial charge in [0, 0.05) is 11.1 Å². The Hall–Kier alpha value is -0.730. The van der Waals surface area contributed by atoms with Gasteiger partial charge in [0.15, 0.2) is 0 Å². The number of halogens is 1. The summed E-state index contributed by atoms with van der Waals surface area (Å²) in [6.07, 6.45) is 0. The van der Waals surface area contributed by atoms with E-state index in [-0.39, 0.29) is 11.8 Å². The minimum atomic E-state index is -0.154. The highest BCUT2D eigenvalue weighted by molar-refractivity contribution is 6.31. The quantitative estimate of drug-likeness (QED) is 0.731. The van der Waals surface area contributed by atoms with E-state index in [0.717, 1.165) is 16.7 Å². The molecule has 0 aliphatic heterocycles. The molecule has 0 aliphatic rings. The van der Waals surface area contributed by atoms with Crippen LogP contribution in [0.15, 0.2) is 6.07 Å². The first kappa shape index (κ1) is 10.4. The van der Waals surface area contributed by atoms with Crippen molar-refractivity contribution in [1.82, 2.24) is 0 Å². The molecule has 0 saturated heterocycles. The van der Waals surface area contributed by atoms with Crippen molar-refractivity contribution in [2.75, 3.05) is 0 Å². The van der Waals surface area contributed by atoms with E-state index in [1.165, 1.54) is 0 Å². The molecule has 72 valence electrons. The highest BCUT2D eigenvalue weighted by Gasteiger charge is 2.13. The fourth-order valence-corrected chi connectivity index (χ4v) is 1.98. The van der Waals surface area contributed by atoms with Gasteiger partial charge >= 0.3 is 0 Å². The number of hydrogen-bond donors (Lipinski definition) is 2. The standard InChI is InChI=1S/C10H14ClNO/c1-5-4-8(11)9(7(3)12)6(2)10(5)13/h4,7,13H,12H2,1-3H3. The summed E-state index contributed by atoms with van der Waals surface area (Å²) in [5, 5.41) is 10.3. The summed E-state index contributed by atoms with van der Waals surface area (Å²) in [7, 11) is 0. The largest absolute Gasteiger partial charge is 0.507 e. The van der Waals surface area contributed by atoms with Gasteiger partial charge in [-0.2, -0.15) is 0 Å². The van der Waals surface area contributed by atoms with Crippen LogP contribution in [0.2, 0.25) is 5.02 Å². The van der Waals surface area contributed by atoms with E-state index < -0.39 is 0 Å². The van der Waals surface area contributed by atoms with Crippen molar-refractivity contribution in [3.63, 3.8) is 0 Å². The molecule has 0 saturated carbocycles. The minimum absolute atomic E-state index is 0.154. The van der Waals surface area contributed by atoms with Crippen molar-refractivity contribution in [1.29, 1.82) is 0 Å². The van der Waals surface area contributed by atoms with Crippen molar-refractivity contribution in [2.24, 2.45) is 5.73 Å². The topological polar surface area (TPSA) is 46.2 Å². The summed E-state index contributed by atoms with van der Waals surface area (Å²) in [5.74, 6) is 0.289. The number of rotatable bonds is 1. The molecule has 0 aliphatic carbocycles. The lowest BCUT2D eigenvalue weighted by Crippen LogP contribution is -2.08. The summed E-state index contributed by atoms with van der Waals surface area (Å²) in [6.45, 7) is 5.50. The van der Waals surface area contributed by atoms with Gasteiger partial charge in [-0.05, 0) is 43.5 Å². The first-order valence-corrected chi connectivity index (χ1v) is 4.57. The maximum Gasteiger partial charge on any atom is 0.121 e. The van der Waals surface area contributed by atoms with E-state index in [9.17, 15) is 5.11 Å². The Morgan fingerprint density at radius 3 is 2.46 bits per heavy atom. The molecule has 0 amide bonds. The molecule has 3 N–H and O–H groups in total. The van der Waals surface area contributed by atoms with Crippen LogP contribution in [0, 0.1) is 13.8 Å². The summed E-state index contributed by atoms with van der Waals surface area (Å²) in [5.41, 5.74) is 8.12. The molecular weight excluding hydrogens is 186 g/mol. The zero-order valence-corrected chi connectivity index (χ0v) is 8.81. The Morgan fingerprint density at radius 2 is 2.00 bits per heavy atom. The first-order valence-electron chi connectivity index (χ1n) is 4.19. The maximum absolute atomic E-state index is 9.65. The molecule has 3 heteroatoms. The molecule has 2 nitrogen and oxygen atoms in total. The third-order valence-corrected chi connectivity index (χ3v) is 2.50. The fourth-order valence-electron chi connectivity index (χ4n) is 1.50. The van der Waals surface area contributed by atoms with Crippen molar-refractivity contribution >= 4 is 11.6 Å². The van der Waals surface area contributed by atoms with E-state index in [4.69, 9.17) is 17.3 Å². The molecule has 1 aromatic carbocycles. The van der Waals surface area contributed by atoms with Crippen LogP contribution >= 0.6 is 11.6 Å². The predicted molar refractivity (Wildman–Crippen MR) is 55.2 cm³/mol. The van der Waals surface area contributed by atoms with Crippen LogP contribution in [-0.4, -0.2) is 5.11 Å². The molecule has 1 aromatic rings. The summed E-state index contributed by atoms with van der Waals surface area (Å²) < 4.78 is 0. The number of nitrogens with two attached hydrogens (primary N) is 1. The van der Waals surface area contributed by atoms with Gasteiger partial charge in [0.25, 0.3) is 0 Å². The van der Waals surface area contributed by atoms with Crippen LogP contribution in [0.3, 0.4) is 0 Å². The SMILES string of the molecule is Cc1cc(Cl)c(C(C)N)c(C)c1O. The van der Waals surface area contributed by atoms with Crippen LogP contribution in [0.5, 0.6) is 5.75 Å². The van der Waals surface area contributed by atoms with Gasteiger partial charge in [-0.1, -0.05) is 11.6 Å². The van der Waals surface area contributed by atoms with Crippen LogP contribution < -0.4 is 5.73 Å². The van der Waals surface area contributed by atoms with E-state index in [2.05, 4.69) is 0 Å². The Labute approximate surface area is 83.3 Å². The highest BCUT2D eigenvalue weighted by Crippen LogP contribution is 2.33. The number of aromatic hydroxyl groups is 1. The second-order valence-corrected chi connectivity index (χ2v) is 3.76. The molecule has 0 heterocycles. The highest BCUT2D eigenvalue weighted by atomic mass is 35.5. The summed E-state index contributed by atoms with van der Waals surface area (Å²) >= 11 is 6.01. The van der Waals surface area contributed by atoms with E-state index in [1.54, 1.807) is 6.07 Å². The average Bonchev–Trinajstić information content (AvgIpc) is 1.99. The lowest BCUT2D eigenvalue weighted by Gasteiger charge is -2.14. The molecule has 1 atom stereocenters. The number of aryl methyl sites for hydroxylation is 1. The molecule has 0 fully saturated rings. The summed E-state index contributed by atoms with van der Waals surface area (Å²) in [6, 6.07) is 1.58. The van der Waals surface area contributed by atoms with Crippen LogP contribution in [0.25, 0.3) is 0 Å². The zero-order valence-electron chi connectivity index (χ0n) is 8.06. The third kappa shape index (κ3) is 1.79. The smallest absolute Gasteiger partial charge is 0.121 e. The van der Waals surface area contributed by atoms with E-state index >= 15 is 0 Å². The number of phenolic OH excluding ortho intramolecular Hbond substituents is 1. The van der Waals surface area contributed by atoms with Gasteiger partial charge in [-0.25, -0.2) is 0 Å². The van der Waals surface area contributed by atoms with E-state index in [0.29, 0.717) is 5.02 Å². The normalized spacial score (nSPS) is 13.0. The van der Waals surface area contributed by atoms with Crippen molar-refractivity contribution in [3.8, 4) is 5.75 Å². The predicted octanol–water partition coefficient (Wildman–Crippen LogP) is 2.68. The van der Waals surface area contributed by atoms with Crippen molar-refractivity contribution in [3.05, 3.63) is 27.8 Å². The Morgan fingerprint density at radius 1 is 1.46 bits per heavy atom. The molecular formula is C10H14ClNO. The summed E-state index contributed by atoms with van der Waals surface area (Å²) in [4.78, 5) is 0. The third-order valence-electron chi connectivity index (χ3n) is 2.19. The Balaban J connectivity index is 3.44. The van der Waals surface area contributed by atoms with Crippen molar-refractivity contribution in [2.45, 2.75) is 26.8 Å². The lowest BCUT2D eigenvalue weighted by molar-refractivity contribution is 0.465. The molecule has 0 bridgehead atoms. The second-order valence-electron chi connectivity index (χ2n) is 3.35. The minimum Gasteiger partial charge on any atom is -0.507 e. The van der Waals surface area contributed by atoms with Gasteiger partial charge < -0.3 is 10.8 Å². The lowest BCUT2D eigenvalue weighted by atomic mass is 9.99. The maximum atomic E-state index is 9.65. The monoisotopic (exact) mass is 199 g/mol. The van der Waals surface area contributed by atoms with Crippen LogP contribution in [-0.2, 0) is 0 Å². The Bertz CT molecular complexity index is 334. The Kier molecular flexibility index (Phi) is 2.84. The zero-order chi connectivity index (χ0) is 10.2. The van der Waals surface area contributed by atoms with E-state index in [1.807, 2.05) is 20.8 Å². The van der Waals surface area contributed by atoms with Gasteiger partial charge in [0.2, 0.25) is 0 Å². The van der Waals surface area contributed by atoms with Crippen LogP contribution in [0.1, 0.15) is 29.7 Å². The molecule has 13 heavy (non-hydrogen) atoms. The van der Waals surface area contributed by atoms with Crippen LogP contribution in [0.4, 0.5) is 0 Å². The molecule has 1 rings (SSSR count). The fraction of sp³-hybridized carbons (Fsp3) is 0.400. The van der Waals surface area contributed by atoms with Gasteiger partial charge in [0.05, 0.1) is 0 Å². The molecule has 0 radical (unpaired) electrons. The average molecular weight is 200 g/mol. The van der Waals surface area contributed by atoms with Gasteiger partial charge in [-0.3, -0.25) is 0 Å². The van der Waals surface area contributed by atoms with Gasteiger partial charge in [-0.15, -0.1) is 0 Å². The van der Waals surface area contributed by atoms with Gasteiger partial charge in [0.1, 0.15) is 5.75 Å². The molecule has 0 aromatic heterocycles. The number of benzene rings is 1. The number of hydrogen-bond acceptors (Lipinski definition) is 2.